The second-order valence-electron chi connectivity index (χ2n) is 6.78. The Morgan fingerprint density at radius 2 is 2.11 bits per heavy atom. The number of anilines is 2. The third-order valence-corrected chi connectivity index (χ3v) is 6.12. The van der Waals surface area contributed by atoms with Crippen molar-refractivity contribution in [2.24, 2.45) is 5.92 Å². The van der Waals surface area contributed by atoms with E-state index in [1.165, 1.54) is 22.3 Å². The SMILES string of the molecule is Nc1nc(-c2cccc(C(F)(F)F)c2)c(N2CC3CCN(C(=O)O)C3C2)s1. The average Bonchev–Trinajstić information content (AvgIpc) is 3.26. The first-order valence-electron chi connectivity index (χ1n) is 8.42. The second kappa shape index (κ2) is 6.29. The predicted molar refractivity (Wildman–Crippen MR) is 95.8 cm³/mol. The number of carbonyl (C=O) groups is 1. The molecule has 1 amide bonds. The van der Waals surface area contributed by atoms with Gasteiger partial charge < -0.3 is 20.6 Å². The number of nitrogen functional groups attached to an aromatic ring is 1. The molecule has 1 aromatic heterocycles. The van der Waals surface area contributed by atoms with E-state index in [-0.39, 0.29) is 17.1 Å². The number of carboxylic acid groups (broad SMARTS) is 1. The van der Waals surface area contributed by atoms with Gasteiger partial charge in [-0.1, -0.05) is 23.5 Å². The summed E-state index contributed by atoms with van der Waals surface area (Å²) in [7, 11) is 0. The van der Waals surface area contributed by atoms with E-state index in [9.17, 15) is 23.1 Å². The van der Waals surface area contributed by atoms with E-state index < -0.39 is 17.8 Å². The number of rotatable bonds is 2. The maximum absolute atomic E-state index is 13.1. The zero-order valence-electron chi connectivity index (χ0n) is 14.1. The van der Waals surface area contributed by atoms with Gasteiger partial charge in [0.25, 0.3) is 0 Å². The first kappa shape index (κ1) is 17.9. The van der Waals surface area contributed by atoms with Crippen molar-refractivity contribution >= 4 is 27.6 Å². The number of thiazole rings is 1. The summed E-state index contributed by atoms with van der Waals surface area (Å²) in [4.78, 5) is 19.1. The van der Waals surface area contributed by atoms with E-state index >= 15 is 0 Å². The molecule has 10 heteroatoms. The highest BCUT2D eigenvalue weighted by atomic mass is 32.1. The van der Waals surface area contributed by atoms with Gasteiger partial charge >= 0.3 is 12.3 Å². The smallest absolute Gasteiger partial charge is 0.416 e. The van der Waals surface area contributed by atoms with Crippen molar-refractivity contribution in [3.8, 4) is 11.3 Å². The summed E-state index contributed by atoms with van der Waals surface area (Å²) >= 11 is 1.21. The van der Waals surface area contributed by atoms with Crippen LogP contribution in [0.25, 0.3) is 11.3 Å². The highest BCUT2D eigenvalue weighted by Gasteiger charge is 2.44. The van der Waals surface area contributed by atoms with Crippen LogP contribution >= 0.6 is 11.3 Å². The van der Waals surface area contributed by atoms with E-state index in [0.717, 1.165) is 18.6 Å². The van der Waals surface area contributed by atoms with E-state index in [4.69, 9.17) is 5.73 Å². The molecule has 0 radical (unpaired) electrons. The quantitative estimate of drug-likeness (QED) is 0.808. The van der Waals surface area contributed by atoms with Crippen LogP contribution in [0.2, 0.25) is 0 Å². The molecule has 3 heterocycles. The molecule has 2 atom stereocenters. The molecule has 0 saturated carbocycles. The number of benzene rings is 1. The molecule has 2 aliphatic rings. The largest absolute Gasteiger partial charge is 0.465 e. The first-order chi connectivity index (χ1) is 12.7. The van der Waals surface area contributed by atoms with Crippen molar-refractivity contribution < 1.29 is 23.1 Å². The summed E-state index contributed by atoms with van der Waals surface area (Å²) in [6, 6.07) is 4.90. The summed E-state index contributed by atoms with van der Waals surface area (Å²) in [6.07, 6.45) is -4.60. The van der Waals surface area contributed by atoms with Gasteiger partial charge in [0, 0.05) is 31.1 Å². The van der Waals surface area contributed by atoms with Crippen LogP contribution in [-0.4, -0.2) is 46.8 Å². The van der Waals surface area contributed by atoms with Crippen LogP contribution in [0.15, 0.2) is 24.3 Å². The molecule has 2 aromatic rings. The normalized spacial score (nSPS) is 22.3. The number of likely N-dealkylation sites (tertiary alicyclic amines) is 1. The fourth-order valence-electron chi connectivity index (χ4n) is 3.94. The van der Waals surface area contributed by atoms with Gasteiger partial charge in [-0.2, -0.15) is 13.2 Å². The van der Waals surface area contributed by atoms with Crippen molar-refractivity contribution in [3.05, 3.63) is 29.8 Å². The maximum atomic E-state index is 13.1. The van der Waals surface area contributed by atoms with E-state index in [1.54, 1.807) is 6.07 Å². The summed E-state index contributed by atoms with van der Waals surface area (Å²) < 4.78 is 39.2. The highest BCUT2D eigenvalue weighted by Crippen LogP contribution is 2.43. The third kappa shape index (κ3) is 3.18. The van der Waals surface area contributed by atoms with Gasteiger partial charge in [0.05, 0.1) is 11.6 Å². The van der Waals surface area contributed by atoms with E-state index in [2.05, 4.69) is 4.98 Å². The van der Waals surface area contributed by atoms with Gasteiger partial charge in [0.2, 0.25) is 0 Å². The molecule has 2 fully saturated rings. The number of amides is 1. The molecule has 0 spiro atoms. The minimum atomic E-state index is -4.44. The molecule has 0 aliphatic carbocycles. The van der Waals surface area contributed by atoms with Crippen LogP contribution in [-0.2, 0) is 6.18 Å². The minimum absolute atomic E-state index is 0.111. The van der Waals surface area contributed by atoms with Crippen LogP contribution in [0.3, 0.4) is 0 Å². The van der Waals surface area contributed by atoms with E-state index in [0.29, 0.717) is 35.9 Å². The summed E-state index contributed by atoms with van der Waals surface area (Å²) in [5.74, 6) is 0.207. The van der Waals surface area contributed by atoms with Crippen LogP contribution in [0.5, 0.6) is 0 Å². The van der Waals surface area contributed by atoms with Gasteiger partial charge in [-0.05, 0) is 18.6 Å². The number of nitrogens with zero attached hydrogens (tertiary/aromatic N) is 3. The Morgan fingerprint density at radius 3 is 2.81 bits per heavy atom. The number of alkyl halides is 3. The average molecular weight is 398 g/mol. The van der Waals surface area contributed by atoms with Gasteiger partial charge in [0.1, 0.15) is 10.7 Å². The molecule has 27 heavy (non-hydrogen) atoms. The summed E-state index contributed by atoms with van der Waals surface area (Å²) in [6.45, 7) is 1.65. The molecule has 2 unspecified atom stereocenters. The second-order valence-corrected chi connectivity index (χ2v) is 7.79. The van der Waals surface area contributed by atoms with Crippen LogP contribution in [0.1, 0.15) is 12.0 Å². The predicted octanol–water partition coefficient (Wildman–Crippen LogP) is 3.60. The molecule has 1 aromatic carbocycles. The molecule has 2 saturated heterocycles. The lowest BCUT2D eigenvalue weighted by molar-refractivity contribution is -0.137. The molecule has 0 bridgehead atoms. The van der Waals surface area contributed by atoms with Gasteiger partial charge in [-0.15, -0.1) is 0 Å². The fourth-order valence-corrected chi connectivity index (χ4v) is 4.81. The first-order valence-corrected chi connectivity index (χ1v) is 9.24. The Labute approximate surface area is 157 Å². The molecule has 144 valence electrons. The number of hydrogen-bond donors (Lipinski definition) is 2. The molecule has 6 nitrogen and oxygen atoms in total. The Balaban J connectivity index is 1.66. The fraction of sp³-hybridized carbons (Fsp3) is 0.412. The van der Waals surface area contributed by atoms with Crippen LogP contribution in [0.4, 0.5) is 28.1 Å². The number of halogens is 3. The Kier molecular flexibility index (Phi) is 4.17. The third-order valence-electron chi connectivity index (χ3n) is 5.17. The van der Waals surface area contributed by atoms with Crippen molar-refractivity contribution in [3.63, 3.8) is 0 Å². The van der Waals surface area contributed by atoms with Crippen molar-refractivity contribution in [1.82, 2.24) is 9.88 Å². The zero-order chi connectivity index (χ0) is 19.3. The number of aromatic nitrogens is 1. The lowest BCUT2D eigenvalue weighted by Gasteiger charge is -2.23. The molecule has 2 aliphatic heterocycles. The Morgan fingerprint density at radius 1 is 1.33 bits per heavy atom. The van der Waals surface area contributed by atoms with Gasteiger partial charge in [0.15, 0.2) is 5.13 Å². The highest BCUT2D eigenvalue weighted by molar-refractivity contribution is 7.19. The monoisotopic (exact) mass is 398 g/mol. The zero-order valence-corrected chi connectivity index (χ0v) is 14.9. The van der Waals surface area contributed by atoms with Crippen molar-refractivity contribution in [2.45, 2.75) is 18.6 Å². The maximum Gasteiger partial charge on any atom is 0.416 e. The summed E-state index contributed by atoms with van der Waals surface area (Å²) in [5, 5.41) is 10.3. The molecule has 3 N–H and O–H groups in total. The molecular weight excluding hydrogens is 381 g/mol. The topological polar surface area (TPSA) is 82.7 Å². The van der Waals surface area contributed by atoms with Gasteiger partial charge in [-0.3, -0.25) is 0 Å². The van der Waals surface area contributed by atoms with E-state index in [1.807, 2.05) is 4.90 Å². The summed E-state index contributed by atoms with van der Waals surface area (Å²) in [5.41, 5.74) is 5.87. The standard InChI is InChI=1S/C17H17F3N4O2S/c18-17(19,20)11-3-1-2-9(6-11)13-14(27-15(21)22-13)23-7-10-4-5-24(16(25)26)12(10)8-23/h1-3,6,10,12H,4-5,7-8H2,(H2,21,22)(H,25,26). The molecule has 4 rings (SSSR count). The Bertz CT molecular complexity index is 885. The van der Waals surface area contributed by atoms with Crippen LogP contribution < -0.4 is 10.6 Å². The van der Waals surface area contributed by atoms with Crippen molar-refractivity contribution in [2.75, 3.05) is 30.3 Å². The number of fused-ring (bicyclic) bond motifs is 1. The lowest BCUT2D eigenvalue weighted by Crippen LogP contribution is -2.38. The lowest BCUT2D eigenvalue weighted by atomic mass is 10.1. The number of hydrogen-bond acceptors (Lipinski definition) is 5. The Hall–Kier alpha value is -2.49. The van der Waals surface area contributed by atoms with Gasteiger partial charge in [-0.25, -0.2) is 9.78 Å². The van der Waals surface area contributed by atoms with Crippen LogP contribution in [0, 0.1) is 5.92 Å². The number of nitrogens with two attached hydrogens (primary N) is 1. The minimum Gasteiger partial charge on any atom is -0.465 e. The van der Waals surface area contributed by atoms with Crippen molar-refractivity contribution in [1.29, 1.82) is 0 Å². The molecular formula is C17H17F3N4O2S.